The lowest BCUT2D eigenvalue weighted by Gasteiger charge is -2.17. The zero-order valence-electron chi connectivity index (χ0n) is 11.2. The molecule has 2 atom stereocenters. The molecule has 0 fully saturated rings. The van der Waals surface area contributed by atoms with Gasteiger partial charge in [-0.15, -0.1) is 0 Å². The molecular weight excluding hydrogens is 242 g/mol. The van der Waals surface area contributed by atoms with Crippen LogP contribution in [0.5, 0.6) is 5.75 Å². The molecule has 0 radical (unpaired) electrons. The van der Waals surface area contributed by atoms with E-state index in [4.69, 9.17) is 15.7 Å². The van der Waals surface area contributed by atoms with Crippen LogP contribution < -0.4 is 15.8 Å². The zero-order chi connectivity index (χ0) is 14.3. The quantitative estimate of drug-likeness (QED) is 0.818. The number of rotatable bonds is 6. The molecule has 1 rings (SSSR count). The van der Waals surface area contributed by atoms with E-state index in [1.807, 2.05) is 19.9 Å². The molecule has 0 aromatic heterocycles. The normalized spacial score (nSPS) is 13.2. The van der Waals surface area contributed by atoms with Crippen molar-refractivity contribution in [2.24, 2.45) is 11.7 Å². The fourth-order valence-corrected chi connectivity index (χ4v) is 1.49. The van der Waals surface area contributed by atoms with E-state index in [2.05, 4.69) is 5.32 Å². The minimum Gasteiger partial charge on any atom is -0.479 e. The van der Waals surface area contributed by atoms with E-state index in [9.17, 15) is 4.79 Å². The van der Waals surface area contributed by atoms with Gasteiger partial charge in [-0.25, -0.2) is 0 Å². The first-order valence-electron chi connectivity index (χ1n) is 6.24. The first-order valence-corrected chi connectivity index (χ1v) is 6.24. The summed E-state index contributed by atoms with van der Waals surface area (Å²) in [6.07, 6.45) is 0.857. The number of nitrogens with two attached hydrogens (primary N) is 1. The first-order chi connectivity index (χ1) is 9.08. The van der Waals surface area contributed by atoms with Gasteiger partial charge in [0, 0.05) is 5.69 Å². The number of ether oxygens (including phenoxy) is 1. The van der Waals surface area contributed by atoms with Gasteiger partial charge in [-0.1, -0.05) is 20.3 Å². The molecule has 0 spiro atoms. The van der Waals surface area contributed by atoms with Crippen molar-refractivity contribution in [2.75, 3.05) is 11.9 Å². The molecule has 0 heterocycles. The highest BCUT2D eigenvalue weighted by molar-refractivity contribution is 5.94. The average Bonchev–Trinajstić information content (AvgIpc) is 2.44. The topological polar surface area (TPSA) is 88.1 Å². The SMILES string of the molecule is CC[C@H](C)[C@H](N)C(=O)Nc1ccc(OCC#N)cc1. The van der Waals surface area contributed by atoms with Crippen molar-refractivity contribution in [3.05, 3.63) is 24.3 Å². The summed E-state index contributed by atoms with van der Waals surface area (Å²) in [5.41, 5.74) is 6.50. The molecule has 102 valence electrons. The fourth-order valence-electron chi connectivity index (χ4n) is 1.49. The highest BCUT2D eigenvalue weighted by Crippen LogP contribution is 2.16. The second-order valence-corrected chi connectivity index (χ2v) is 4.37. The second kappa shape index (κ2) is 7.39. The lowest BCUT2D eigenvalue weighted by atomic mass is 9.99. The standard InChI is InChI=1S/C14H19N3O2/c1-3-10(2)13(16)14(18)17-11-4-6-12(7-5-11)19-9-8-15/h4-7,10,13H,3,9,16H2,1-2H3,(H,17,18)/t10-,13-/m0/s1. The van der Waals surface area contributed by atoms with Crippen LogP contribution in [0, 0.1) is 17.2 Å². The summed E-state index contributed by atoms with van der Waals surface area (Å²) in [5, 5.41) is 11.1. The molecule has 0 aliphatic rings. The molecule has 0 bridgehead atoms. The van der Waals surface area contributed by atoms with Crippen molar-refractivity contribution in [3.8, 4) is 11.8 Å². The molecule has 0 aliphatic heterocycles. The number of nitrogens with zero attached hydrogens (tertiary/aromatic N) is 1. The Morgan fingerprint density at radius 3 is 2.63 bits per heavy atom. The van der Waals surface area contributed by atoms with Gasteiger partial charge in [-0.05, 0) is 30.2 Å². The van der Waals surface area contributed by atoms with Crippen LogP contribution >= 0.6 is 0 Å². The van der Waals surface area contributed by atoms with Crippen molar-refractivity contribution in [1.29, 1.82) is 5.26 Å². The van der Waals surface area contributed by atoms with Gasteiger partial charge >= 0.3 is 0 Å². The molecule has 1 aromatic rings. The third kappa shape index (κ3) is 4.60. The van der Waals surface area contributed by atoms with Crippen molar-refractivity contribution in [1.82, 2.24) is 0 Å². The number of hydrogen-bond donors (Lipinski definition) is 2. The first kappa shape index (κ1) is 15.0. The fraction of sp³-hybridized carbons (Fsp3) is 0.429. The summed E-state index contributed by atoms with van der Waals surface area (Å²) in [6, 6.07) is 8.20. The van der Waals surface area contributed by atoms with E-state index in [-0.39, 0.29) is 18.4 Å². The second-order valence-electron chi connectivity index (χ2n) is 4.37. The lowest BCUT2D eigenvalue weighted by molar-refractivity contribution is -0.118. The molecule has 0 unspecified atom stereocenters. The lowest BCUT2D eigenvalue weighted by Crippen LogP contribution is -2.40. The van der Waals surface area contributed by atoms with Crippen LogP contribution in [-0.2, 0) is 4.79 Å². The van der Waals surface area contributed by atoms with Crippen LogP contribution in [-0.4, -0.2) is 18.6 Å². The van der Waals surface area contributed by atoms with Crippen molar-refractivity contribution in [2.45, 2.75) is 26.3 Å². The Kier molecular flexibility index (Phi) is 5.83. The summed E-state index contributed by atoms with van der Waals surface area (Å²) >= 11 is 0. The van der Waals surface area contributed by atoms with E-state index >= 15 is 0 Å². The van der Waals surface area contributed by atoms with E-state index in [1.165, 1.54) is 0 Å². The van der Waals surface area contributed by atoms with Gasteiger partial charge in [0.25, 0.3) is 0 Å². The number of amides is 1. The minimum absolute atomic E-state index is 0.00456. The smallest absolute Gasteiger partial charge is 0.241 e. The molecule has 1 amide bonds. The van der Waals surface area contributed by atoms with Gasteiger partial charge in [-0.3, -0.25) is 4.79 Å². The van der Waals surface area contributed by atoms with Crippen LogP contribution in [0.3, 0.4) is 0 Å². The monoisotopic (exact) mass is 261 g/mol. The third-order valence-electron chi connectivity index (χ3n) is 2.98. The molecule has 1 aromatic carbocycles. The predicted octanol–water partition coefficient (Wildman–Crippen LogP) is 1.90. The highest BCUT2D eigenvalue weighted by Gasteiger charge is 2.19. The average molecular weight is 261 g/mol. The van der Waals surface area contributed by atoms with Crippen LogP contribution in [0.1, 0.15) is 20.3 Å². The van der Waals surface area contributed by atoms with Crippen molar-refractivity contribution >= 4 is 11.6 Å². The molecule has 5 heteroatoms. The molecule has 0 saturated carbocycles. The van der Waals surface area contributed by atoms with Crippen molar-refractivity contribution in [3.63, 3.8) is 0 Å². The summed E-state index contributed by atoms with van der Waals surface area (Å²) in [7, 11) is 0. The zero-order valence-corrected chi connectivity index (χ0v) is 11.2. The van der Waals surface area contributed by atoms with E-state index in [0.29, 0.717) is 11.4 Å². The van der Waals surface area contributed by atoms with Gasteiger partial charge in [0.15, 0.2) is 6.61 Å². The van der Waals surface area contributed by atoms with Gasteiger partial charge < -0.3 is 15.8 Å². The van der Waals surface area contributed by atoms with Crippen LogP contribution in [0.4, 0.5) is 5.69 Å². The maximum Gasteiger partial charge on any atom is 0.241 e. The van der Waals surface area contributed by atoms with E-state index in [0.717, 1.165) is 6.42 Å². The molecule has 3 N–H and O–H groups in total. The molecule has 0 aliphatic carbocycles. The maximum absolute atomic E-state index is 11.9. The Morgan fingerprint density at radius 2 is 2.11 bits per heavy atom. The Bertz CT molecular complexity index is 451. The van der Waals surface area contributed by atoms with Gasteiger partial charge in [0.1, 0.15) is 11.8 Å². The summed E-state index contributed by atoms with van der Waals surface area (Å²) in [5.74, 6) is 0.532. The largest absolute Gasteiger partial charge is 0.479 e. The third-order valence-corrected chi connectivity index (χ3v) is 2.98. The Labute approximate surface area is 113 Å². The number of hydrogen-bond acceptors (Lipinski definition) is 4. The highest BCUT2D eigenvalue weighted by atomic mass is 16.5. The van der Waals surface area contributed by atoms with Gasteiger partial charge in [0.2, 0.25) is 5.91 Å². The molecular formula is C14H19N3O2. The number of nitriles is 1. The number of benzene rings is 1. The van der Waals surface area contributed by atoms with Gasteiger partial charge in [-0.2, -0.15) is 5.26 Å². The van der Waals surface area contributed by atoms with Crippen LogP contribution in [0.25, 0.3) is 0 Å². The molecule has 0 saturated heterocycles. The Balaban J connectivity index is 2.58. The number of anilines is 1. The number of carbonyl (C=O) groups excluding carboxylic acids is 1. The predicted molar refractivity (Wildman–Crippen MR) is 73.6 cm³/mol. The van der Waals surface area contributed by atoms with Crippen LogP contribution in [0.15, 0.2) is 24.3 Å². The Morgan fingerprint density at radius 1 is 1.47 bits per heavy atom. The van der Waals surface area contributed by atoms with E-state index < -0.39 is 6.04 Å². The van der Waals surface area contributed by atoms with Gasteiger partial charge in [0.05, 0.1) is 6.04 Å². The minimum atomic E-state index is -0.514. The maximum atomic E-state index is 11.9. The number of carbonyl (C=O) groups is 1. The van der Waals surface area contributed by atoms with Crippen molar-refractivity contribution < 1.29 is 9.53 Å². The summed E-state index contributed by atoms with van der Waals surface area (Å²) < 4.78 is 5.12. The molecule has 19 heavy (non-hydrogen) atoms. The van der Waals surface area contributed by atoms with Crippen LogP contribution in [0.2, 0.25) is 0 Å². The number of nitrogens with one attached hydrogen (secondary N) is 1. The Hall–Kier alpha value is -2.06. The summed E-state index contributed by atoms with van der Waals surface area (Å²) in [6.45, 7) is 3.95. The molecule has 5 nitrogen and oxygen atoms in total. The van der Waals surface area contributed by atoms with E-state index in [1.54, 1.807) is 24.3 Å². The summed E-state index contributed by atoms with van der Waals surface area (Å²) in [4.78, 5) is 11.9.